The molecule has 1 aliphatic carbocycles. The molecule has 2 N–H and O–H groups in total. The van der Waals surface area contributed by atoms with E-state index >= 15 is 0 Å². The van der Waals surface area contributed by atoms with E-state index < -0.39 is 0 Å². The second-order valence-corrected chi connectivity index (χ2v) is 3.00. The molecule has 0 fully saturated rings. The molecule has 0 amide bonds. The maximum atomic E-state index is 7.50. The van der Waals surface area contributed by atoms with Crippen LogP contribution in [0.4, 0.5) is 0 Å². The molecule has 0 aliphatic heterocycles. The van der Waals surface area contributed by atoms with E-state index in [-0.39, 0.29) is 11.4 Å². The van der Waals surface area contributed by atoms with Gasteiger partial charge in [0.1, 0.15) is 0 Å². The number of nitrogens with one attached hydrogen (secondary N) is 2. The van der Waals surface area contributed by atoms with Crippen molar-refractivity contribution in [2.24, 2.45) is 0 Å². The Kier molecular flexibility index (Phi) is 2.07. The first-order chi connectivity index (χ1) is 6.77. The fraction of sp³-hybridized carbons (Fsp3) is 0. The fourth-order valence-electron chi connectivity index (χ4n) is 1.26. The predicted octanol–water partition coefficient (Wildman–Crippen LogP) is 2.07. The first-order valence-corrected chi connectivity index (χ1v) is 4.25. The zero-order valence-corrected chi connectivity index (χ0v) is 7.49. The summed E-state index contributed by atoms with van der Waals surface area (Å²) in [6.45, 7) is 0. The Bertz CT molecular complexity index is 441. The summed E-state index contributed by atoms with van der Waals surface area (Å²) >= 11 is 0. The zero-order chi connectivity index (χ0) is 9.97. The second kappa shape index (κ2) is 3.38. The molecule has 2 rings (SSSR count). The highest BCUT2D eigenvalue weighted by Crippen LogP contribution is 2.17. The summed E-state index contributed by atoms with van der Waals surface area (Å²) in [5.74, 6) is 0. The number of nitrogens with zero attached hydrogens (tertiary/aromatic N) is 1. The minimum Gasteiger partial charge on any atom is -0.299 e. The van der Waals surface area contributed by atoms with Crippen molar-refractivity contribution < 1.29 is 0 Å². The fourth-order valence-corrected chi connectivity index (χ4v) is 1.26. The van der Waals surface area contributed by atoms with Crippen molar-refractivity contribution in [2.75, 3.05) is 0 Å². The summed E-state index contributed by atoms with van der Waals surface area (Å²) in [4.78, 5) is 4.01. The standard InChI is InChI=1S/C11H9N3/c12-10-4-3-8(6-11(10)13)9-2-1-5-14-7-9/h1-7,12-13H. The normalized spacial score (nSPS) is 15.6. The van der Waals surface area contributed by atoms with E-state index in [1.165, 1.54) is 0 Å². The molecule has 1 aromatic heterocycles. The zero-order valence-electron chi connectivity index (χ0n) is 7.49. The van der Waals surface area contributed by atoms with Crippen LogP contribution in [0.15, 0.2) is 42.8 Å². The molecule has 0 bridgehead atoms. The average Bonchev–Trinajstić information content (AvgIpc) is 2.23. The molecule has 1 aromatic rings. The lowest BCUT2D eigenvalue weighted by atomic mass is 9.99. The highest BCUT2D eigenvalue weighted by molar-refractivity contribution is 6.50. The molecular formula is C11H9N3. The van der Waals surface area contributed by atoms with Gasteiger partial charge in [0, 0.05) is 18.0 Å². The van der Waals surface area contributed by atoms with Crippen LogP contribution in [0.3, 0.4) is 0 Å². The van der Waals surface area contributed by atoms with Crippen LogP contribution in [0.1, 0.15) is 5.56 Å². The molecule has 0 saturated carbocycles. The Labute approximate surface area is 81.8 Å². The molecule has 0 saturated heterocycles. The summed E-state index contributed by atoms with van der Waals surface area (Å²) in [7, 11) is 0. The van der Waals surface area contributed by atoms with Gasteiger partial charge < -0.3 is 0 Å². The van der Waals surface area contributed by atoms with Gasteiger partial charge in [-0.3, -0.25) is 15.8 Å². The van der Waals surface area contributed by atoms with Crippen LogP contribution >= 0.6 is 0 Å². The molecule has 0 unspecified atom stereocenters. The number of pyridine rings is 1. The van der Waals surface area contributed by atoms with Crippen molar-refractivity contribution in [3.05, 3.63) is 48.3 Å². The van der Waals surface area contributed by atoms with Crippen LogP contribution in [0, 0.1) is 10.8 Å². The van der Waals surface area contributed by atoms with Gasteiger partial charge in [0.15, 0.2) is 0 Å². The topological polar surface area (TPSA) is 60.6 Å². The van der Waals surface area contributed by atoms with E-state index in [0.29, 0.717) is 0 Å². The predicted molar refractivity (Wildman–Crippen MR) is 56.8 cm³/mol. The smallest absolute Gasteiger partial charge is 0.0795 e. The lowest BCUT2D eigenvalue weighted by Gasteiger charge is -2.07. The summed E-state index contributed by atoms with van der Waals surface area (Å²) in [6, 6.07) is 3.79. The third-order valence-electron chi connectivity index (χ3n) is 2.01. The molecule has 14 heavy (non-hydrogen) atoms. The van der Waals surface area contributed by atoms with Gasteiger partial charge in [0.2, 0.25) is 0 Å². The molecule has 68 valence electrons. The third kappa shape index (κ3) is 1.52. The first kappa shape index (κ1) is 8.56. The van der Waals surface area contributed by atoms with Crippen molar-refractivity contribution in [3.8, 4) is 0 Å². The van der Waals surface area contributed by atoms with Crippen LogP contribution in [0.25, 0.3) is 5.57 Å². The summed E-state index contributed by atoms with van der Waals surface area (Å²) in [5, 5.41) is 14.9. The summed E-state index contributed by atoms with van der Waals surface area (Å²) in [6.07, 6.45) is 8.60. The number of hydrogen-bond acceptors (Lipinski definition) is 3. The molecule has 1 aliphatic rings. The minimum atomic E-state index is 0.242. The maximum Gasteiger partial charge on any atom is 0.0795 e. The van der Waals surface area contributed by atoms with Crippen LogP contribution in [-0.4, -0.2) is 16.4 Å². The third-order valence-corrected chi connectivity index (χ3v) is 2.01. The Morgan fingerprint density at radius 3 is 2.57 bits per heavy atom. The second-order valence-electron chi connectivity index (χ2n) is 3.00. The van der Waals surface area contributed by atoms with E-state index in [1.54, 1.807) is 24.5 Å². The molecular weight excluding hydrogens is 174 g/mol. The molecule has 1 heterocycles. The van der Waals surface area contributed by atoms with E-state index in [4.69, 9.17) is 10.8 Å². The Morgan fingerprint density at radius 2 is 1.93 bits per heavy atom. The van der Waals surface area contributed by atoms with E-state index in [9.17, 15) is 0 Å². The van der Waals surface area contributed by atoms with E-state index in [0.717, 1.165) is 11.1 Å². The van der Waals surface area contributed by atoms with Crippen molar-refractivity contribution in [3.63, 3.8) is 0 Å². The van der Waals surface area contributed by atoms with Crippen LogP contribution < -0.4 is 0 Å². The SMILES string of the molecule is N=C1C=CC(c2cccnc2)=CC1=N. The van der Waals surface area contributed by atoms with Crippen LogP contribution in [-0.2, 0) is 0 Å². The Hall–Kier alpha value is -2.03. The van der Waals surface area contributed by atoms with E-state index in [2.05, 4.69) is 4.98 Å². The number of rotatable bonds is 1. The Balaban J connectivity index is 2.39. The largest absolute Gasteiger partial charge is 0.299 e. The lowest BCUT2D eigenvalue weighted by Crippen LogP contribution is -2.09. The van der Waals surface area contributed by atoms with Crippen molar-refractivity contribution in [1.82, 2.24) is 4.98 Å². The van der Waals surface area contributed by atoms with Gasteiger partial charge in [-0.05, 0) is 23.8 Å². The summed E-state index contributed by atoms with van der Waals surface area (Å²) in [5.41, 5.74) is 2.39. The summed E-state index contributed by atoms with van der Waals surface area (Å²) < 4.78 is 0. The van der Waals surface area contributed by atoms with Gasteiger partial charge in [0.25, 0.3) is 0 Å². The molecule has 3 heteroatoms. The van der Waals surface area contributed by atoms with Gasteiger partial charge >= 0.3 is 0 Å². The maximum absolute atomic E-state index is 7.50. The van der Waals surface area contributed by atoms with Gasteiger partial charge in [-0.15, -0.1) is 0 Å². The number of hydrogen-bond donors (Lipinski definition) is 2. The van der Waals surface area contributed by atoms with Crippen molar-refractivity contribution in [2.45, 2.75) is 0 Å². The monoisotopic (exact) mass is 183 g/mol. The molecule has 0 spiro atoms. The lowest BCUT2D eigenvalue weighted by molar-refractivity contribution is 1.31. The average molecular weight is 183 g/mol. The highest BCUT2D eigenvalue weighted by Gasteiger charge is 2.07. The Morgan fingerprint density at radius 1 is 1.07 bits per heavy atom. The molecule has 0 aromatic carbocycles. The first-order valence-electron chi connectivity index (χ1n) is 4.25. The van der Waals surface area contributed by atoms with E-state index in [1.807, 2.05) is 18.2 Å². The molecule has 0 atom stereocenters. The van der Waals surface area contributed by atoms with Gasteiger partial charge in [0.05, 0.1) is 11.4 Å². The van der Waals surface area contributed by atoms with Crippen LogP contribution in [0.5, 0.6) is 0 Å². The van der Waals surface area contributed by atoms with Gasteiger partial charge in [-0.1, -0.05) is 12.1 Å². The van der Waals surface area contributed by atoms with Crippen molar-refractivity contribution in [1.29, 1.82) is 10.8 Å². The highest BCUT2D eigenvalue weighted by atomic mass is 14.6. The molecule has 0 radical (unpaired) electrons. The van der Waals surface area contributed by atoms with Crippen molar-refractivity contribution >= 4 is 17.0 Å². The number of aromatic nitrogens is 1. The minimum absolute atomic E-state index is 0.242. The quantitative estimate of drug-likeness (QED) is 0.643. The van der Waals surface area contributed by atoms with Crippen LogP contribution in [0.2, 0.25) is 0 Å². The van der Waals surface area contributed by atoms with Gasteiger partial charge in [-0.2, -0.15) is 0 Å². The number of allylic oxidation sites excluding steroid dienone is 4. The molecule has 3 nitrogen and oxygen atoms in total. The van der Waals surface area contributed by atoms with Gasteiger partial charge in [-0.25, -0.2) is 0 Å².